The number of ketones is 1. The number of aromatic nitrogens is 1. The molecule has 0 saturated carbocycles. The van der Waals surface area contributed by atoms with Crippen LogP contribution in [-0.2, 0) is 6.54 Å². The average molecular weight is 329 g/mol. The lowest BCUT2D eigenvalue weighted by Gasteiger charge is -2.04. The van der Waals surface area contributed by atoms with Crippen LogP contribution in [0.5, 0.6) is 0 Å². The van der Waals surface area contributed by atoms with Gasteiger partial charge in [-0.05, 0) is 23.8 Å². The summed E-state index contributed by atoms with van der Waals surface area (Å²) in [6, 6.07) is 19.5. The predicted molar refractivity (Wildman–Crippen MR) is 93.0 cm³/mol. The molecule has 0 atom stereocenters. The monoisotopic (exact) mass is 329 g/mol. The second kappa shape index (κ2) is 7.28. The fraction of sp³-hybridized carbons (Fsp3) is 0.0500. The summed E-state index contributed by atoms with van der Waals surface area (Å²) in [7, 11) is 0. The number of carbonyl (C=O) groups excluding carboxylic acids is 2. The zero-order chi connectivity index (χ0) is 17.6. The molecule has 0 spiro atoms. The van der Waals surface area contributed by atoms with E-state index in [0.717, 1.165) is 5.56 Å². The smallest absolute Gasteiger partial charge is 0.267 e. The number of hydrogen-bond donors (Lipinski definition) is 2. The first-order chi connectivity index (χ1) is 12.2. The van der Waals surface area contributed by atoms with Crippen molar-refractivity contribution >= 4 is 11.7 Å². The van der Waals surface area contributed by atoms with E-state index in [9.17, 15) is 9.59 Å². The molecular weight excluding hydrogens is 314 g/mol. The molecule has 0 aliphatic carbocycles. The van der Waals surface area contributed by atoms with E-state index in [1.54, 1.807) is 54.6 Å². The number of aromatic amines is 1. The van der Waals surface area contributed by atoms with Crippen molar-refractivity contribution < 1.29 is 9.59 Å². The molecule has 0 aliphatic heterocycles. The molecule has 1 aromatic heterocycles. The zero-order valence-corrected chi connectivity index (χ0v) is 13.3. The van der Waals surface area contributed by atoms with Gasteiger partial charge in [-0.1, -0.05) is 42.5 Å². The maximum atomic E-state index is 12.3. The molecule has 2 aromatic carbocycles. The molecule has 0 saturated heterocycles. The van der Waals surface area contributed by atoms with E-state index < -0.39 is 0 Å². The van der Waals surface area contributed by atoms with Crippen molar-refractivity contribution in [1.29, 1.82) is 5.26 Å². The lowest BCUT2D eigenvalue weighted by atomic mass is 10.1. The van der Waals surface area contributed by atoms with E-state index >= 15 is 0 Å². The van der Waals surface area contributed by atoms with Gasteiger partial charge in [0.05, 0.1) is 11.6 Å². The maximum absolute atomic E-state index is 12.3. The molecule has 3 rings (SSSR count). The number of nitrogens with one attached hydrogen (secondary N) is 2. The number of amides is 1. The standard InChI is InChI=1S/C20H15N3O2/c21-11-14-6-8-15(9-7-14)12-23-20(25)18-10-17(13-22-18)19(24)16-4-2-1-3-5-16/h1-10,13,22H,12H2,(H,23,25). The molecule has 1 amide bonds. The van der Waals surface area contributed by atoms with Crippen LogP contribution in [-0.4, -0.2) is 16.7 Å². The van der Waals surface area contributed by atoms with Crippen LogP contribution < -0.4 is 5.32 Å². The van der Waals surface area contributed by atoms with Gasteiger partial charge in [0.25, 0.3) is 5.91 Å². The Morgan fingerprint density at radius 2 is 1.72 bits per heavy atom. The van der Waals surface area contributed by atoms with Gasteiger partial charge in [-0.3, -0.25) is 9.59 Å². The van der Waals surface area contributed by atoms with Gasteiger partial charge in [0, 0.05) is 23.9 Å². The summed E-state index contributed by atoms with van der Waals surface area (Å²) in [5, 5.41) is 11.6. The second-order valence-electron chi connectivity index (χ2n) is 5.49. The Morgan fingerprint density at radius 1 is 1.00 bits per heavy atom. The van der Waals surface area contributed by atoms with Crippen molar-refractivity contribution in [3.63, 3.8) is 0 Å². The van der Waals surface area contributed by atoms with Crippen LogP contribution in [0.1, 0.15) is 37.5 Å². The summed E-state index contributed by atoms with van der Waals surface area (Å²) in [4.78, 5) is 27.4. The van der Waals surface area contributed by atoms with Gasteiger partial charge >= 0.3 is 0 Å². The highest BCUT2D eigenvalue weighted by molar-refractivity contribution is 6.10. The fourth-order valence-electron chi connectivity index (χ4n) is 2.39. The Labute approximate surface area is 144 Å². The summed E-state index contributed by atoms with van der Waals surface area (Å²) in [5.41, 5.74) is 2.80. The SMILES string of the molecule is N#Cc1ccc(CNC(=O)c2cc(C(=O)c3ccccc3)c[nH]2)cc1. The summed E-state index contributed by atoms with van der Waals surface area (Å²) < 4.78 is 0. The first-order valence-electron chi connectivity index (χ1n) is 7.73. The Hall–Kier alpha value is -3.65. The van der Waals surface area contributed by atoms with Crippen molar-refractivity contribution in [2.24, 2.45) is 0 Å². The molecule has 5 nitrogen and oxygen atoms in total. The second-order valence-corrected chi connectivity index (χ2v) is 5.49. The third-order valence-corrected chi connectivity index (χ3v) is 3.76. The van der Waals surface area contributed by atoms with E-state index in [1.165, 1.54) is 6.20 Å². The van der Waals surface area contributed by atoms with Crippen LogP contribution >= 0.6 is 0 Å². The minimum absolute atomic E-state index is 0.136. The largest absolute Gasteiger partial charge is 0.356 e. The molecule has 0 aliphatic rings. The molecule has 0 fully saturated rings. The number of nitrogens with zero attached hydrogens (tertiary/aromatic N) is 1. The van der Waals surface area contributed by atoms with Crippen molar-refractivity contribution in [1.82, 2.24) is 10.3 Å². The van der Waals surface area contributed by atoms with Crippen LogP contribution in [0.4, 0.5) is 0 Å². The molecule has 3 aromatic rings. The maximum Gasteiger partial charge on any atom is 0.267 e. The van der Waals surface area contributed by atoms with Gasteiger partial charge in [-0.2, -0.15) is 5.26 Å². The van der Waals surface area contributed by atoms with Gasteiger partial charge in [-0.15, -0.1) is 0 Å². The molecule has 5 heteroatoms. The Balaban J connectivity index is 1.64. The van der Waals surface area contributed by atoms with Crippen LogP contribution in [0, 0.1) is 11.3 Å². The highest BCUT2D eigenvalue weighted by Crippen LogP contribution is 2.11. The fourth-order valence-corrected chi connectivity index (χ4v) is 2.39. The van der Waals surface area contributed by atoms with Crippen LogP contribution in [0.2, 0.25) is 0 Å². The molecule has 1 heterocycles. The van der Waals surface area contributed by atoms with E-state index in [1.807, 2.05) is 12.1 Å². The Morgan fingerprint density at radius 3 is 2.40 bits per heavy atom. The lowest BCUT2D eigenvalue weighted by Crippen LogP contribution is -2.23. The van der Waals surface area contributed by atoms with Crippen LogP contribution in [0.3, 0.4) is 0 Å². The summed E-state index contributed by atoms with van der Waals surface area (Å²) in [6.45, 7) is 0.339. The third-order valence-electron chi connectivity index (χ3n) is 3.76. The molecule has 0 bridgehead atoms. The molecule has 0 radical (unpaired) electrons. The van der Waals surface area contributed by atoms with Crippen LogP contribution in [0.15, 0.2) is 66.9 Å². The summed E-state index contributed by atoms with van der Waals surface area (Å²) >= 11 is 0. The molecule has 122 valence electrons. The van der Waals surface area contributed by atoms with E-state index in [-0.39, 0.29) is 11.7 Å². The van der Waals surface area contributed by atoms with Crippen molar-refractivity contribution in [3.05, 3.63) is 94.8 Å². The van der Waals surface area contributed by atoms with E-state index in [4.69, 9.17) is 5.26 Å². The van der Waals surface area contributed by atoms with Gasteiger partial charge in [0.1, 0.15) is 5.69 Å². The van der Waals surface area contributed by atoms with Crippen LogP contribution in [0.25, 0.3) is 0 Å². The average Bonchev–Trinajstić information content (AvgIpc) is 3.17. The molecule has 2 N–H and O–H groups in total. The summed E-state index contributed by atoms with van der Waals surface area (Å²) in [6.07, 6.45) is 1.53. The Bertz CT molecular complexity index is 935. The first-order valence-corrected chi connectivity index (χ1v) is 7.73. The lowest BCUT2D eigenvalue weighted by molar-refractivity contribution is 0.0946. The zero-order valence-electron chi connectivity index (χ0n) is 13.3. The van der Waals surface area contributed by atoms with E-state index in [0.29, 0.717) is 28.9 Å². The number of hydrogen-bond acceptors (Lipinski definition) is 3. The number of benzene rings is 2. The minimum Gasteiger partial charge on any atom is -0.356 e. The summed E-state index contributed by atoms with van der Waals surface area (Å²) in [5.74, 6) is -0.431. The van der Waals surface area contributed by atoms with Crippen molar-refractivity contribution in [3.8, 4) is 6.07 Å². The van der Waals surface area contributed by atoms with Gasteiger partial charge in [-0.25, -0.2) is 0 Å². The molecular formula is C20H15N3O2. The number of H-pyrrole nitrogens is 1. The highest BCUT2D eigenvalue weighted by atomic mass is 16.2. The van der Waals surface area contributed by atoms with Gasteiger partial charge in [0.15, 0.2) is 5.78 Å². The van der Waals surface area contributed by atoms with E-state index in [2.05, 4.69) is 10.3 Å². The van der Waals surface area contributed by atoms with Crippen molar-refractivity contribution in [2.75, 3.05) is 0 Å². The normalized spacial score (nSPS) is 10.0. The van der Waals surface area contributed by atoms with Gasteiger partial charge < -0.3 is 10.3 Å². The Kier molecular flexibility index (Phi) is 4.72. The first kappa shape index (κ1) is 16.2. The third kappa shape index (κ3) is 3.82. The number of nitriles is 1. The van der Waals surface area contributed by atoms with Gasteiger partial charge in [0.2, 0.25) is 0 Å². The molecule has 25 heavy (non-hydrogen) atoms. The predicted octanol–water partition coefficient (Wildman–Crippen LogP) is 3.05. The van der Waals surface area contributed by atoms with Crippen molar-refractivity contribution in [2.45, 2.75) is 6.54 Å². The quantitative estimate of drug-likeness (QED) is 0.705. The minimum atomic E-state index is -0.295. The number of carbonyl (C=O) groups is 2. The topological polar surface area (TPSA) is 85.8 Å². The molecule has 0 unspecified atom stereocenters. The number of rotatable bonds is 5. The highest BCUT2D eigenvalue weighted by Gasteiger charge is 2.14.